The number of amides is 1. The summed E-state index contributed by atoms with van der Waals surface area (Å²) in [6, 6.07) is 8.00. The molecule has 2 N–H and O–H groups in total. The van der Waals surface area contributed by atoms with Gasteiger partial charge in [0.1, 0.15) is 18.4 Å². The number of piperidine rings is 1. The van der Waals surface area contributed by atoms with Gasteiger partial charge in [-0.1, -0.05) is 6.07 Å². The van der Waals surface area contributed by atoms with Gasteiger partial charge in [0.2, 0.25) is 5.91 Å². The van der Waals surface area contributed by atoms with E-state index in [9.17, 15) is 4.79 Å². The average molecular weight is 408 g/mol. The first-order valence-electron chi connectivity index (χ1n) is 11.0. The Morgan fingerprint density at radius 3 is 2.87 bits per heavy atom. The minimum atomic E-state index is -0.342. The van der Waals surface area contributed by atoms with Crippen LogP contribution in [-0.4, -0.2) is 44.3 Å². The van der Waals surface area contributed by atoms with Crippen LogP contribution in [0.25, 0.3) is 10.9 Å². The molecule has 0 spiro atoms. The number of rotatable bonds is 6. The minimum absolute atomic E-state index is 0.184. The van der Waals surface area contributed by atoms with Crippen LogP contribution in [-0.2, 0) is 30.8 Å². The molecule has 0 bridgehead atoms. The first-order chi connectivity index (χ1) is 14.7. The molecule has 2 aliphatic rings. The van der Waals surface area contributed by atoms with Gasteiger partial charge in [-0.25, -0.2) is 0 Å². The van der Waals surface area contributed by atoms with Crippen LogP contribution in [0.1, 0.15) is 36.9 Å². The molecule has 7 nitrogen and oxygen atoms in total. The predicted octanol–water partition coefficient (Wildman–Crippen LogP) is 2.70. The van der Waals surface area contributed by atoms with Crippen LogP contribution in [0.3, 0.4) is 0 Å². The standard InChI is InChI=1S/C23H29N5O2/c24-23(29)16-27-13-9-19-21(27)5-3-6-22(19)30-18-7-11-26(12-8-18)15-17-14-25-28-10-2-1-4-20(17)28/h3,5-6,9,13-14,18H,1-2,4,7-8,10-12,15-16H2,(H2,24,29). The highest BCUT2D eigenvalue weighted by Crippen LogP contribution is 2.29. The molecule has 1 saturated heterocycles. The number of aromatic nitrogens is 3. The van der Waals surface area contributed by atoms with Gasteiger partial charge >= 0.3 is 0 Å². The molecule has 7 heteroatoms. The summed E-state index contributed by atoms with van der Waals surface area (Å²) in [5.74, 6) is 0.547. The zero-order chi connectivity index (χ0) is 20.5. The lowest BCUT2D eigenvalue weighted by Gasteiger charge is -2.32. The molecule has 0 radical (unpaired) electrons. The van der Waals surface area contributed by atoms with Gasteiger partial charge in [-0.2, -0.15) is 5.10 Å². The van der Waals surface area contributed by atoms with Crippen LogP contribution in [0.4, 0.5) is 0 Å². The lowest BCUT2D eigenvalue weighted by Crippen LogP contribution is -2.38. The highest BCUT2D eigenvalue weighted by molar-refractivity contribution is 5.87. The SMILES string of the molecule is NC(=O)Cn1ccc2c(OC3CCN(Cc4cnn5c4CCCC5)CC3)cccc21. The normalized spacial score (nSPS) is 17.9. The first kappa shape index (κ1) is 19.2. The molecule has 158 valence electrons. The molecule has 0 atom stereocenters. The fourth-order valence-corrected chi connectivity index (χ4v) is 4.83. The third-order valence-electron chi connectivity index (χ3n) is 6.39. The van der Waals surface area contributed by atoms with Crippen molar-refractivity contribution in [3.8, 4) is 5.75 Å². The number of hydrogen-bond donors (Lipinski definition) is 1. The number of ether oxygens (including phenoxy) is 1. The van der Waals surface area contributed by atoms with E-state index >= 15 is 0 Å². The van der Waals surface area contributed by atoms with Gasteiger partial charge < -0.3 is 15.0 Å². The lowest BCUT2D eigenvalue weighted by molar-refractivity contribution is -0.118. The maximum Gasteiger partial charge on any atom is 0.237 e. The van der Waals surface area contributed by atoms with E-state index in [1.165, 1.54) is 24.1 Å². The first-order valence-corrected chi connectivity index (χ1v) is 11.0. The summed E-state index contributed by atoms with van der Waals surface area (Å²) in [4.78, 5) is 13.8. The van der Waals surface area contributed by atoms with Crippen molar-refractivity contribution in [1.82, 2.24) is 19.2 Å². The summed E-state index contributed by atoms with van der Waals surface area (Å²) in [6.45, 7) is 4.32. The molecule has 3 aromatic rings. The molecule has 1 fully saturated rings. The number of carbonyl (C=O) groups is 1. The van der Waals surface area contributed by atoms with E-state index in [1.54, 1.807) is 0 Å². The number of aryl methyl sites for hydroxylation is 1. The van der Waals surface area contributed by atoms with Crippen LogP contribution in [0.2, 0.25) is 0 Å². The fourth-order valence-electron chi connectivity index (χ4n) is 4.83. The van der Waals surface area contributed by atoms with Gasteiger partial charge in [0, 0.05) is 49.0 Å². The Hall–Kier alpha value is -2.80. The molecule has 5 rings (SSSR count). The average Bonchev–Trinajstić information content (AvgIpc) is 3.34. The Labute approximate surface area is 176 Å². The summed E-state index contributed by atoms with van der Waals surface area (Å²) >= 11 is 0. The smallest absolute Gasteiger partial charge is 0.237 e. The second-order valence-electron chi connectivity index (χ2n) is 8.49. The third kappa shape index (κ3) is 3.81. The van der Waals surface area contributed by atoms with E-state index in [2.05, 4.69) is 20.9 Å². The molecule has 1 amide bonds. The van der Waals surface area contributed by atoms with E-state index in [0.717, 1.165) is 62.1 Å². The number of hydrogen-bond acceptors (Lipinski definition) is 4. The zero-order valence-electron chi connectivity index (χ0n) is 17.3. The van der Waals surface area contributed by atoms with Crippen LogP contribution < -0.4 is 10.5 Å². The Morgan fingerprint density at radius 2 is 2.03 bits per heavy atom. The van der Waals surface area contributed by atoms with Crippen molar-refractivity contribution < 1.29 is 9.53 Å². The van der Waals surface area contributed by atoms with Crippen molar-refractivity contribution >= 4 is 16.8 Å². The number of nitrogens with two attached hydrogens (primary N) is 1. The van der Waals surface area contributed by atoms with Gasteiger partial charge in [-0.15, -0.1) is 0 Å². The molecule has 2 aliphatic heterocycles. The van der Waals surface area contributed by atoms with Crippen molar-refractivity contribution in [2.45, 2.75) is 57.8 Å². The summed E-state index contributed by atoms with van der Waals surface area (Å²) in [5, 5.41) is 5.61. The van der Waals surface area contributed by atoms with Gasteiger partial charge in [-0.3, -0.25) is 14.4 Å². The number of nitrogens with zero attached hydrogens (tertiary/aromatic N) is 4. The van der Waals surface area contributed by atoms with Crippen molar-refractivity contribution in [2.24, 2.45) is 5.73 Å². The van der Waals surface area contributed by atoms with Crippen molar-refractivity contribution in [3.05, 3.63) is 47.9 Å². The van der Waals surface area contributed by atoms with E-state index in [1.807, 2.05) is 35.0 Å². The topological polar surface area (TPSA) is 78.3 Å². The number of benzene rings is 1. The molecule has 4 heterocycles. The molecule has 0 saturated carbocycles. The Balaban J connectivity index is 1.21. The quantitative estimate of drug-likeness (QED) is 0.681. The molecule has 0 unspecified atom stereocenters. The van der Waals surface area contributed by atoms with Gasteiger partial charge in [0.25, 0.3) is 0 Å². The van der Waals surface area contributed by atoms with Crippen molar-refractivity contribution in [3.63, 3.8) is 0 Å². The monoisotopic (exact) mass is 407 g/mol. The van der Waals surface area contributed by atoms with E-state index in [-0.39, 0.29) is 18.6 Å². The predicted molar refractivity (Wildman–Crippen MR) is 115 cm³/mol. The number of likely N-dealkylation sites (tertiary alicyclic amines) is 1. The minimum Gasteiger partial charge on any atom is -0.490 e. The van der Waals surface area contributed by atoms with Crippen LogP contribution in [0.15, 0.2) is 36.7 Å². The van der Waals surface area contributed by atoms with Crippen LogP contribution in [0.5, 0.6) is 5.75 Å². The van der Waals surface area contributed by atoms with Crippen molar-refractivity contribution in [1.29, 1.82) is 0 Å². The summed E-state index contributed by atoms with van der Waals surface area (Å²) in [5.41, 5.74) is 9.18. The number of carbonyl (C=O) groups excluding carboxylic acids is 1. The largest absolute Gasteiger partial charge is 0.490 e. The maximum atomic E-state index is 11.3. The fraction of sp³-hybridized carbons (Fsp3) is 0.478. The van der Waals surface area contributed by atoms with Gasteiger partial charge in [0.05, 0.1) is 11.7 Å². The second-order valence-corrected chi connectivity index (χ2v) is 8.49. The van der Waals surface area contributed by atoms with Crippen LogP contribution >= 0.6 is 0 Å². The highest BCUT2D eigenvalue weighted by atomic mass is 16.5. The lowest BCUT2D eigenvalue weighted by atomic mass is 10.0. The molecule has 0 aliphatic carbocycles. The van der Waals surface area contributed by atoms with E-state index < -0.39 is 0 Å². The highest BCUT2D eigenvalue weighted by Gasteiger charge is 2.23. The Bertz CT molecular complexity index is 1050. The van der Waals surface area contributed by atoms with E-state index in [4.69, 9.17) is 10.5 Å². The van der Waals surface area contributed by atoms with Gasteiger partial charge in [-0.05, 0) is 50.3 Å². The molecular weight excluding hydrogens is 378 g/mol. The second kappa shape index (κ2) is 8.14. The molecule has 30 heavy (non-hydrogen) atoms. The zero-order valence-corrected chi connectivity index (χ0v) is 17.3. The third-order valence-corrected chi connectivity index (χ3v) is 6.39. The number of primary amides is 1. The Kier molecular flexibility index (Phi) is 5.21. The molecule has 2 aromatic heterocycles. The summed E-state index contributed by atoms with van der Waals surface area (Å²) in [7, 11) is 0. The maximum absolute atomic E-state index is 11.3. The molecular formula is C23H29N5O2. The molecule has 1 aromatic carbocycles. The number of fused-ring (bicyclic) bond motifs is 2. The van der Waals surface area contributed by atoms with Crippen molar-refractivity contribution in [2.75, 3.05) is 13.1 Å². The summed E-state index contributed by atoms with van der Waals surface area (Å²) < 4.78 is 10.5. The van der Waals surface area contributed by atoms with E-state index in [0.29, 0.717) is 0 Å². The van der Waals surface area contributed by atoms with Crippen LogP contribution in [0, 0.1) is 0 Å². The summed E-state index contributed by atoms with van der Waals surface area (Å²) in [6.07, 6.45) is 9.90. The van der Waals surface area contributed by atoms with Gasteiger partial charge in [0.15, 0.2) is 0 Å². The Morgan fingerprint density at radius 1 is 1.17 bits per heavy atom.